The lowest BCUT2D eigenvalue weighted by Crippen LogP contribution is -2.17. The van der Waals surface area contributed by atoms with Crippen molar-refractivity contribution in [3.05, 3.63) is 44.2 Å². The molecule has 0 saturated carbocycles. The zero-order valence-electron chi connectivity index (χ0n) is 9.93. The molecule has 19 heavy (non-hydrogen) atoms. The molecule has 0 aliphatic carbocycles. The Bertz CT molecular complexity index is 616. The summed E-state index contributed by atoms with van der Waals surface area (Å²) in [5.74, 6) is -0.509. The molecule has 0 aliphatic heterocycles. The first-order valence-corrected chi connectivity index (χ1v) is 6.89. The van der Waals surface area contributed by atoms with Crippen LogP contribution in [0.1, 0.15) is 15.2 Å². The quantitative estimate of drug-likeness (QED) is 0.932. The van der Waals surface area contributed by atoms with Crippen molar-refractivity contribution in [1.29, 1.82) is 0 Å². The number of thiophene rings is 1. The molecule has 0 saturated heterocycles. The Morgan fingerprint density at radius 2 is 2.21 bits per heavy atom. The molecule has 2 aromatic rings. The molecule has 0 unspecified atom stereocenters. The van der Waals surface area contributed by atoms with Crippen LogP contribution in [0.5, 0.6) is 0 Å². The van der Waals surface area contributed by atoms with Gasteiger partial charge in [0.25, 0.3) is 0 Å². The van der Waals surface area contributed by atoms with Crippen molar-refractivity contribution in [2.24, 2.45) is 0 Å². The second kappa shape index (κ2) is 5.77. The van der Waals surface area contributed by atoms with Crippen LogP contribution in [0, 0.1) is 0 Å². The lowest BCUT2D eigenvalue weighted by molar-refractivity contribution is 0.0696. The summed E-state index contributed by atoms with van der Waals surface area (Å²) >= 11 is 13.4. The topological polar surface area (TPSA) is 53.4 Å². The van der Waals surface area contributed by atoms with Gasteiger partial charge in [-0.05, 0) is 18.2 Å². The number of aromatic nitrogens is 1. The summed E-state index contributed by atoms with van der Waals surface area (Å²) in [6.07, 6.45) is 1.29. The van der Waals surface area contributed by atoms with Gasteiger partial charge in [-0.2, -0.15) is 0 Å². The highest BCUT2D eigenvalue weighted by molar-refractivity contribution is 7.16. The predicted octanol–water partition coefficient (Wildman–Crippen LogP) is 3.78. The molecule has 2 heterocycles. The van der Waals surface area contributed by atoms with E-state index in [1.807, 2.05) is 24.1 Å². The van der Waals surface area contributed by atoms with E-state index in [-0.39, 0.29) is 5.56 Å². The normalized spacial score (nSPS) is 10.5. The van der Waals surface area contributed by atoms with Crippen LogP contribution in [0.3, 0.4) is 0 Å². The molecule has 0 amide bonds. The van der Waals surface area contributed by atoms with Gasteiger partial charge in [-0.3, -0.25) is 0 Å². The highest BCUT2D eigenvalue weighted by Gasteiger charge is 2.12. The number of carbonyl (C=O) groups is 1. The lowest BCUT2D eigenvalue weighted by Gasteiger charge is -2.18. The molecule has 0 spiro atoms. The number of carboxylic acids is 1. The largest absolute Gasteiger partial charge is 0.478 e. The van der Waals surface area contributed by atoms with Crippen molar-refractivity contribution in [3.63, 3.8) is 0 Å². The van der Waals surface area contributed by atoms with E-state index in [0.717, 1.165) is 9.21 Å². The number of anilines is 1. The maximum Gasteiger partial charge on any atom is 0.337 e. The molecule has 0 atom stereocenters. The molecule has 1 N–H and O–H groups in total. The van der Waals surface area contributed by atoms with E-state index in [0.29, 0.717) is 17.4 Å². The minimum atomic E-state index is -1.05. The number of aromatic carboxylic acids is 1. The molecular formula is C12H10Cl2N2O2S. The summed E-state index contributed by atoms with van der Waals surface area (Å²) in [4.78, 5) is 17.8. The van der Waals surface area contributed by atoms with Crippen LogP contribution in [-0.2, 0) is 6.54 Å². The summed E-state index contributed by atoms with van der Waals surface area (Å²) in [5.41, 5.74) is 0.0707. The number of carboxylic acid groups (broad SMARTS) is 1. The van der Waals surface area contributed by atoms with Crippen LogP contribution in [0.2, 0.25) is 9.36 Å². The standard InChI is InChI=1S/C12H10Cl2N2O2S/c1-16(6-8-2-3-10(14)19-8)11-9(13)4-7(5-15-11)12(17)18/h2-5H,6H2,1H3,(H,17,18). The predicted molar refractivity (Wildman–Crippen MR) is 77.6 cm³/mol. The molecule has 0 fully saturated rings. The van der Waals surface area contributed by atoms with Crippen molar-refractivity contribution in [3.8, 4) is 0 Å². The maximum absolute atomic E-state index is 10.8. The SMILES string of the molecule is CN(Cc1ccc(Cl)s1)c1ncc(C(=O)O)cc1Cl. The summed E-state index contributed by atoms with van der Waals surface area (Å²) in [7, 11) is 1.84. The lowest BCUT2D eigenvalue weighted by atomic mass is 10.3. The maximum atomic E-state index is 10.8. The highest BCUT2D eigenvalue weighted by Crippen LogP contribution is 2.27. The van der Waals surface area contributed by atoms with Gasteiger partial charge in [0.2, 0.25) is 0 Å². The van der Waals surface area contributed by atoms with Gasteiger partial charge in [0.1, 0.15) is 5.82 Å². The summed E-state index contributed by atoms with van der Waals surface area (Å²) < 4.78 is 0.726. The van der Waals surface area contributed by atoms with E-state index < -0.39 is 5.97 Å². The summed E-state index contributed by atoms with van der Waals surface area (Å²) in [5, 5.41) is 9.16. The number of hydrogen-bond donors (Lipinski definition) is 1. The third-order valence-corrected chi connectivity index (χ3v) is 3.95. The third kappa shape index (κ3) is 3.37. The number of nitrogens with zero attached hydrogens (tertiary/aromatic N) is 2. The fourth-order valence-corrected chi connectivity index (χ4v) is 3.03. The van der Waals surface area contributed by atoms with Gasteiger partial charge in [-0.25, -0.2) is 9.78 Å². The van der Waals surface area contributed by atoms with Gasteiger partial charge in [0.05, 0.1) is 21.5 Å². The van der Waals surface area contributed by atoms with Crippen molar-refractivity contribution in [2.75, 3.05) is 11.9 Å². The fraction of sp³-hybridized carbons (Fsp3) is 0.167. The van der Waals surface area contributed by atoms with Crippen LogP contribution in [0.25, 0.3) is 0 Å². The smallest absolute Gasteiger partial charge is 0.337 e. The number of rotatable bonds is 4. The Kier molecular flexibility index (Phi) is 4.29. The Hall–Kier alpha value is -1.30. The molecule has 2 aromatic heterocycles. The molecular weight excluding hydrogens is 307 g/mol. The number of halogens is 2. The van der Waals surface area contributed by atoms with Crippen LogP contribution in [0.15, 0.2) is 24.4 Å². The van der Waals surface area contributed by atoms with E-state index in [4.69, 9.17) is 28.3 Å². The Balaban J connectivity index is 2.19. The van der Waals surface area contributed by atoms with Crippen molar-refractivity contribution in [1.82, 2.24) is 4.98 Å². The Morgan fingerprint density at radius 3 is 2.74 bits per heavy atom. The van der Waals surface area contributed by atoms with E-state index >= 15 is 0 Å². The van der Waals surface area contributed by atoms with Crippen molar-refractivity contribution in [2.45, 2.75) is 6.54 Å². The minimum absolute atomic E-state index is 0.0707. The molecule has 0 radical (unpaired) electrons. The van der Waals surface area contributed by atoms with Crippen molar-refractivity contribution >= 4 is 46.3 Å². The van der Waals surface area contributed by atoms with Crippen LogP contribution >= 0.6 is 34.5 Å². The van der Waals surface area contributed by atoms with Gasteiger partial charge < -0.3 is 10.0 Å². The van der Waals surface area contributed by atoms with E-state index in [2.05, 4.69) is 4.98 Å². The van der Waals surface area contributed by atoms with E-state index in [1.165, 1.54) is 23.6 Å². The van der Waals surface area contributed by atoms with Crippen LogP contribution in [0.4, 0.5) is 5.82 Å². The van der Waals surface area contributed by atoms with Gasteiger partial charge >= 0.3 is 5.97 Å². The number of hydrogen-bond acceptors (Lipinski definition) is 4. The van der Waals surface area contributed by atoms with Crippen molar-refractivity contribution < 1.29 is 9.90 Å². The second-order valence-electron chi connectivity index (χ2n) is 3.90. The van der Waals surface area contributed by atoms with Gasteiger partial charge in [0, 0.05) is 18.1 Å². The Morgan fingerprint density at radius 1 is 1.47 bits per heavy atom. The first-order valence-electron chi connectivity index (χ1n) is 5.31. The average molecular weight is 317 g/mol. The fourth-order valence-electron chi connectivity index (χ4n) is 1.57. The molecule has 4 nitrogen and oxygen atoms in total. The Labute approximate surface area is 124 Å². The van der Waals surface area contributed by atoms with Crippen LogP contribution < -0.4 is 4.90 Å². The van der Waals surface area contributed by atoms with E-state index in [9.17, 15) is 4.79 Å². The van der Waals surface area contributed by atoms with E-state index in [1.54, 1.807) is 0 Å². The van der Waals surface area contributed by atoms with Crippen LogP contribution in [-0.4, -0.2) is 23.1 Å². The average Bonchev–Trinajstić information content (AvgIpc) is 2.74. The van der Waals surface area contributed by atoms with Gasteiger partial charge in [0.15, 0.2) is 0 Å². The highest BCUT2D eigenvalue weighted by atomic mass is 35.5. The summed E-state index contributed by atoms with van der Waals surface area (Å²) in [6, 6.07) is 5.16. The number of pyridine rings is 1. The van der Waals surface area contributed by atoms with Gasteiger partial charge in [-0.1, -0.05) is 23.2 Å². The first kappa shape index (κ1) is 14.1. The molecule has 100 valence electrons. The molecule has 7 heteroatoms. The van der Waals surface area contributed by atoms with Gasteiger partial charge in [-0.15, -0.1) is 11.3 Å². The summed E-state index contributed by atoms with van der Waals surface area (Å²) in [6.45, 7) is 0.608. The first-order chi connectivity index (χ1) is 8.97. The molecule has 0 bridgehead atoms. The molecule has 0 aliphatic rings. The monoisotopic (exact) mass is 316 g/mol. The minimum Gasteiger partial charge on any atom is -0.478 e. The molecule has 0 aromatic carbocycles. The third-order valence-electron chi connectivity index (χ3n) is 2.45. The molecule has 2 rings (SSSR count). The zero-order chi connectivity index (χ0) is 14.0. The zero-order valence-corrected chi connectivity index (χ0v) is 12.3. The second-order valence-corrected chi connectivity index (χ2v) is 6.10.